The van der Waals surface area contributed by atoms with Gasteiger partial charge in [-0.2, -0.15) is 0 Å². The first-order chi connectivity index (χ1) is 9.43. The van der Waals surface area contributed by atoms with E-state index in [0.717, 1.165) is 0 Å². The molecule has 0 aliphatic rings. The maximum Gasteiger partial charge on any atom is 0.313 e. The van der Waals surface area contributed by atoms with Gasteiger partial charge in [0, 0.05) is 31.0 Å². The first-order valence-electron chi connectivity index (χ1n) is 5.79. The van der Waals surface area contributed by atoms with Gasteiger partial charge in [0.1, 0.15) is 0 Å². The number of anilines is 1. The van der Waals surface area contributed by atoms with Gasteiger partial charge in [-0.25, -0.2) is 0 Å². The third-order valence-corrected chi connectivity index (χ3v) is 2.34. The number of carbonyl (C=O) groups excluding carboxylic acids is 2. The van der Waals surface area contributed by atoms with Crippen LogP contribution in [0, 0.1) is 10.1 Å². The van der Waals surface area contributed by atoms with Gasteiger partial charge in [0.15, 0.2) is 0 Å². The van der Waals surface area contributed by atoms with Crippen molar-refractivity contribution in [3.05, 3.63) is 34.4 Å². The summed E-state index contributed by atoms with van der Waals surface area (Å²) in [7, 11) is 1.49. The monoisotopic (exact) mass is 281 g/mol. The second-order valence-electron chi connectivity index (χ2n) is 4.09. The smallest absolute Gasteiger partial charge is 0.313 e. The predicted octanol–water partition coefficient (Wildman–Crippen LogP) is 0.684. The second kappa shape index (κ2) is 7.19. The van der Waals surface area contributed by atoms with E-state index in [1.807, 2.05) is 0 Å². The van der Waals surface area contributed by atoms with Crippen molar-refractivity contribution in [3.63, 3.8) is 0 Å². The summed E-state index contributed by atoms with van der Waals surface area (Å²) < 4.78 is 4.83. The van der Waals surface area contributed by atoms with Crippen LogP contribution < -0.4 is 10.6 Å². The molecule has 108 valence electrons. The van der Waals surface area contributed by atoms with Crippen molar-refractivity contribution in [2.75, 3.05) is 19.0 Å². The fourth-order valence-corrected chi connectivity index (χ4v) is 1.44. The molecule has 0 fully saturated rings. The van der Waals surface area contributed by atoms with Crippen molar-refractivity contribution >= 4 is 23.2 Å². The van der Waals surface area contributed by atoms with Crippen molar-refractivity contribution in [1.82, 2.24) is 5.32 Å². The van der Waals surface area contributed by atoms with E-state index in [-0.39, 0.29) is 18.3 Å². The fourth-order valence-electron chi connectivity index (χ4n) is 1.44. The van der Waals surface area contributed by atoms with Gasteiger partial charge in [-0.3, -0.25) is 19.7 Å². The van der Waals surface area contributed by atoms with E-state index in [1.54, 1.807) is 6.92 Å². The van der Waals surface area contributed by atoms with Crippen molar-refractivity contribution in [2.24, 2.45) is 0 Å². The largest absolute Gasteiger partial charge is 0.383 e. The number of methoxy groups -OCH3 is 1. The highest BCUT2D eigenvalue weighted by Crippen LogP contribution is 2.15. The molecular weight excluding hydrogens is 266 g/mol. The minimum absolute atomic E-state index is 0.0961. The van der Waals surface area contributed by atoms with Crippen LogP contribution in [0.15, 0.2) is 24.3 Å². The number of rotatable bonds is 5. The third kappa shape index (κ3) is 4.65. The number of hydrogen-bond acceptors (Lipinski definition) is 5. The van der Waals surface area contributed by atoms with E-state index >= 15 is 0 Å². The minimum Gasteiger partial charge on any atom is -0.383 e. The topological polar surface area (TPSA) is 111 Å². The number of amides is 2. The zero-order valence-electron chi connectivity index (χ0n) is 11.1. The molecule has 0 spiro atoms. The van der Waals surface area contributed by atoms with Gasteiger partial charge in [-0.1, -0.05) is 0 Å². The molecule has 0 saturated carbocycles. The fraction of sp³-hybridized carbons (Fsp3) is 0.333. The summed E-state index contributed by atoms with van der Waals surface area (Å²) in [4.78, 5) is 33.0. The molecule has 1 atom stereocenters. The highest BCUT2D eigenvalue weighted by Gasteiger charge is 2.16. The summed E-state index contributed by atoms with van der Waals surface area (Å²) in [6, 6.07) is 4.88. The number of nitro groups is 1. The van der Waals surface area contributed by atoms with Crippen LogP contribution in [-0.2, 0) is 14.3 Å². The number of ether oxygens (including phenoxy) is 1. The number of carbonyl (C=O) groups is 2. The van der Waals surface area contributed by atoms with Gasteiger partial charge in [0.25, 0.3) is 5.69 Å². The highest BCUT2D eigenvalue weighted by atomic mass is 16.6. The van der Waals surface area contributed by atoms with Crippen LogP contribution in [0.3, 0.4) is 0 Å². The average Bonchev–Trinajstić information content (AvgIpc) is 2.39. The molecule has 2 N–H and O–H groups in total. The Morgan fingerprint density at radius 2 is 1.90 bits per heavy atom. The van der Waals surface area contributed by atoms with Gasteiger partial charge in [-0.15, -0.1) is 0 Å². The number of non-ortho nitro benzene ring substituents is 1. The zero-order valence-corrected chi connectivity index (χ0v) is 11.1. The number of nitro benzene ring substituents is 1. The molecule has 20 heavy (non-hydrogen) atoms. The maximum atomic E-state index is 11.6. The van der Waals surface area contributed by atoms with Crippen LogP contribution in [0.5, 0.6) is 0 Å². The Morgan fingerprint density at radius 3 is 2.40 bits per heavy atom. The van der Waals surface area contributed by atoms with Crippen LogP contribution in [0.1, 0.15) is 6.92 Å². The lowest BCUT2D eigenvalue weighted by Gasteiger charge is -2.12. The summed E-state index contributed by atoms with van der Waals surface area (Å²) in [5, 5.41) is 15.3. The van der Waals surface area contributed by atoms with Gasteiger partial charge >= 0.3 is 11.8 Å². The summed E-state index contributed by atoms with van der Waals surface area (Å²) in [5.41, 5.74) is 0.205. The first-order valence-corrected chi connectivity index (χ1v) is 5.79. The van der Waals surface area contributed by atoms with Gasteiger partial charge < -0.3 is 15.4 Å². The third-order valence-electron chi connectivity index (χ3n) is 2.34. The minimum atomic E-state index is -0.846. The SMILES string of the molecule is COC[C@@H](C)NC(=O)C(=O)Nc1ccc([N+](=O)[O-])cc1. The van der Waals surface area contributed by atoms with Gasteiger partial charge in [0.2, 0.25) is 0 Å². The molecule has 8 nitrogen and oxygen atoms in total. The van der Waals surface area contributed by atoms with Crippen molar-refractivity contribution in [2.45, 2.75) is 13.0 Å². The summed E-state index contributed by atoms with van der Waals surface area (Å²) in [6.07, 6.45) is 0. The summed E-state index contributed by atoms with van der Waals surface area (Å²) in [6.45, 7) is 1.98. The van der Waals surface area contributed by atoms with Gasteiger partial charge in [0.05, 0.1) is 11.5 Å². The van der Waals surface area contributed by atoms with E-state index in [2.05, 4.69) is 10.6 Å². The van der Waals surface area contributed by atoms with E-state index < -0.39 is 16.7 Å². The molecule has 0 saturated heterocycles. The van der Waals surface area contributed by atoms with Crippen LogP contribution in [-0.4, -0.2) is 36.5 Å². The molecule has 2 amide bonds. The normalized spacial score (nSPS) is 11.5. The Kier molecular flexibility index (Phi) is 5.60. The van der Waals surface area contributed by atoms with Crippen molar-refractivity contribution < 1.29 is 19.2 Å². The highest BCUT2D eigenvalue weighted by molar-refractivity contribution is 6.39. The van der Waals surface area contributed by atoms with Gasteiger partial charge in [-0.05, 0) is 19.1 Å². The van der Waals surface area contributed by atoms with E-state index in [9.17, 15) is 19.7 Å². The summed E-state index contributed by atoms with van der Waals surface area (Å²) in [5.74, 6) is -1.64. The number of hydrogen-bond donors (Lipinski definition) is 2. The Bertz CT molecular complexity index is 500. The van der Waals surface area contributed by atoms with Crippen LogP contribution in [0.25, 0.3) is 0 Å². The molecule has 1 aromatic carbocycles. The molecule has 0 heterocycles. The van der Waals surface area contributed by atoms with E-state index in [4.69, 9.17) is 4.74 Å². The maximum absolute atomic E-state index is 11.6. The van der Waals surface area contributed by atoms with Crippen LogP contribution in [0.2, 0.25) is 0 Å². The Morgan fingerprint density at radius 1 is 1.30 bits per heavy atom. The Hall–Kier alpha value is -2.48. The lowest BCUT2D eigenvalue weighted by atomic mass is 10.3. The summed E-state index contributed by atoms with van der Waals surface area (Å²) >= 11 is 0. The molecule has 0 aliphatic carbocycles. The first kappa shape index (κ1) is 15.6. The number of benzene rings is 1. The zero-order chi connectivity index (χ0) is 15.1. The van der Waals surface area contributed by atoms with Crippen molar-refractivity contribution in [1.29, 1.82) is 0 Å². The van der Waals surface area contributed by atoms with Crippen molar-refractivity contribution in [3.8, 4) is 0 Å². The number of nitrogens with zero attached hydrogens (tertiary/aromatic N) is 1. The predicted molar refractivity (Wildman–Crippen MR) is 71.2 cm³/mol. The molecule has 1 rings (SSSR count). The second-order valence-corrected chi connectivity index (χ2v) is 4.09. The van der Waals surface area contributed by atoms with Crippen LogP contribution in [0.4, 0.5) is 11.4 Å². The van der Waals surface area contributed by atoms with E-state index in [0.29, 0.717) is 5.69 Å². The molecule has 0 aliphatic heterocycles. The molecular formula is C12H15N3O5. The Labute approximate surface area is 115 Å². The average molecular weight is 281 g/mol. The molecule has 0 radical (unpaired) electrons. The molecule has 1 aromatic rings. The molecule has 8 heteroatoms. The molecule has 0 aromatic heterocycles. The Balaban J connectivity index is 2.57. The van der Waals surface area contributed by atoms with E-state index in [1.165, 1.54) is 31.4 Å². The lowest BCUT2D eigenvalue weighted by Crippen LogP contribution is -2.42. The lowest BCUT2D eigenvalue weighted by molar-refractivity contribution is -0.384. The standard InChI is InChI=1S/C12H15N3O5/c1-8(7-20-2)13-11(16)12(17)14-9-3-5-10(6-4-9)15(18)19/h3-6,8H,7H2,1-2H3,(H,13,16)(H,14,17)/t8-/m1/s1. The molecule has 0 unspecified atom stereocenters. The quantitative estimate of drug-likeness (QED) is 0.468. The number of nitrogens with one attached hydrogen (secondary N) is 2. The van der Waals surface area contributed by atoms with Crippen LogP contribution >= 0.6 is 0 Å². The molecule has 0 bridgehead atoms.